The van der Waals surface area contributed by atoms with Crippen molar-refractivity contribution in [2.45, 2.75) is 13.0 Å². The van der Waals surface area contributed by atoms with Crippen LogP contribution < -0.4 is 11.1 Å². The van der Waals surface area contributed by atoms with Gasteiger partial charge in [0.25, 0.3) is 11.6 Å². The number of anilines is 1. The van der Waals surface area contributed by atoms with Crippen LogP contribution >= 0.6 is 11.6 Å². The Hall–Kier alpha value is -3.46. The van der Waals surface area contributed by atoms with Crippen LogP contribution in [0, 0.1) is 10.1 Å². The lowest BCUT2D eigenvalue weighted by Crippen LogP contribution is -2.30. The van der Waals surface area contributed by atoms with Crippen molar-refractivity contribution in [2.75, 3.05) is 5.32 Å². The van der Waals surface area contributed by atoms with Gasteiger partial charge in [-0.2, -0.15) is 0 Å². The smallest absolute Gasteiger partial charge is 0.340 e. The number of primary amides is 1. The van der Waals surface area contributed by atoms with E-state index >= 15 is 0 Å². The first-order valence-corrected chi connectivity index (χ1v) is 7.92. The molecule has 0 saturated heterocycles. The van der Waals surface area contributed by atoms with E-state index in [4.69, 9.17) is 22.1 Å². The van der Waals surface area contributed by atoms with E-state index in [2.05, 4.69) is 5.32 Å². The predicted octanol–water partition coefficient (Wildman–Crippen LogP) is 2.53. The fourth-order valence-corrected chi connectivity index (χ4v) is 2.22. The number of rotatable bonds is 6. The van der Waals surface area contributed by atoms with Crippen LogP contribution in [0.4, 0.5) is 11.4 Å². The molecule has 1 atom stereocenters. The fourth-order valence-electron chi connectivity index (χ4n) is 2.02. The first-order chi connectivity index (χ1) is 12.7. The van der Waals surface area contributed by atoms with Crippen LogP contribution in [0.15, 0.2) is 42.5 Å². The van der Waals surface area contributed by atoms with Crippen LogP contribution in [-0.2, 0) is 9.53 Å². The number of hydrogen-bond donors (Lipinski definition) is 2. The topological polar surface area (TPSA) is 142 Å². The number of nitrogens with one attached hydrogen (secondary N) is 1. The lowest BCUT2D eigenvalue weighted by molar-refractivity contribution is -0.384. The van der Waals surface area contributed by atoms with Gasteiger partial charge >= 0.3 is 5.97 Å². The Balaban J connectivity index is 2.05. The molecule has 2 amide bonds. The molecule has 0 radical (unpaired) electrons. The number of carbonyl (C=O) groups is 3. The maximum Gasteiger partial charge on any atom is 0.340 e. The van der Waals surface area contributed by atoms with Crippen LogP contribution in [-0.4, -0.2) is 28.8 Å². The second-order valence-electron chi connectivity index (χ2n) is 5.40. The number of nitrogens with two attached hydrogens (primary N) is 1. The van der Waals surface area contributed by atoms with Crippen LogP contribution in [0.2, 0.25) is 5.02 Å². The van der Waals surface area contributed by atoms with Gasteiger partial charge in [-0.1, -0.05) is 11.6 Å². The highest BCUT2D eigenvalue weighted by Gasteiger charge is 2.22. The molecule has 9 nitrogen and oxygen atoms in total. The highest BCUT2D eigenvalue weighted by molar-refractivity contribution is 6.33. The normalized spacial score (nSPS) is 11.3. The number of halogens is 1. The van der Waals surface area contributed by atoms with E-state index < -0.39 is 28.8 Å². The molecule has 0 saturated carbocycles. The summed E-state index contributed by atoms with van der Waals surface area (Å²) in [6, 6.07) is 9.09. The number of ether oxygens (including phenoxy) is 1. The molecule has 10 heteroatoms. The zero-order chi connectivity index (χ0) is 20.1. The van der Waals surface area contributed by atoms with Gasteiger partial charge in [-0.15, -0.1) is 0 Å². The number of nitrogens with zero attached hydrogens (tertiary/aromatic N) is 1. The Kier molecular flexibility index (Phi) is 6.09. The Morgan fingerprint density at radius 3 is 2.37 bits per heavy atom. The molecular formula is C17H14ClN3O6. The molecule has 0 unspecified atom stereocenters. The Morgan fingerprint density at radius 2 is 1.81 bits per heavy atom. The zero-order valence-electron chi connectivity index (χ0n) is 14.0. The summed E-state index contributed by atoms with van der Waals surface area (Å²) in [6.45, 7) is 1.33. The number of benzene rings is 2. The van der Waals surface area contributed by atoms with Crippen molar-refractivity contribution in [1.82, 2.24) is 0 Å². The molecule has 2 aromatic carbocycles. The van der Waals surface area contributed by atoms with Crippen molar-refractivity contribution in [3.63, 3.8) is 0 Å². The van der Waals surface area contributed by atoms with Gasteiger partial charge in [0.1, 0.15) is 0 Å². The molecule has 27 heavy (non-hydrogen) atoms. The molecule has 3 N–H and O–H groups in total. The summed E-state index contributed by atoms with van der Waals surface area (Å²) < 4.78 is 5.02. The maximum absolute atomic E-state index is 12.2. The SMILES string of the molecule is C[C@H](OC(=O)c1cc([N+](=O)[O-])ccc1Cl)C(=O)Nc1ccc(C(N)=O)cc1. The third-order valence-corrected chi connectivity index (χ3v) is 3.80. The predicted molar refractivity (Wildman–Crippen MR) is 96.6 cm³/mol. The van der Waals surface area contributed by atoms with Crippen molar-refractivity contribution >= 4 is 40.8 Å². The first-order valence-electron chi connectivity index (χ1n) is 7.54. The summed E-state index contributed by atoms with van der Waals surface area (Å²) in [6.07, 6.45) is -1.20. The summed E-state index contributed by atoms with van der Waals surface area (Å²) >= 11 is 5.87. The number of nitro groups is 1. The summed E-state index contributed by atoms with van der Waals surface area (Å²) in [4.78, 5) is 45.4. The van der Waals surface area contributed by atoms with Crippen molar-refractivity contribution in [3.05, 3.63) is 68.7 Å². The molecule has 0 aliphatic heterocycles. The van der Waals surface area contributed by atoms with Crippen molar-refractivity contribution in [3.8, 4) is 0 Å². The summed E-state index contributed by atoms with van der Waals surface area (Å²) in [5.41, 5.74) is 5.20. The average molecular weight is 392 g/mol. The molecule has 2 rings (SSSR count). The molecule has 0 fully saturated rings. The zero-order valence-corrected chi connectivity index (χ0v) is 14.7. The number of non-ortho nitro benzene ring substituents is 1. The number of esters is 1. The third-order valence-electron chi connectivity index (χ3n) is 3.47. The molecule has 0 spiro atoms. The second-order valence-corrected chi connectivity index (χ2v) is 5.81. The van der Waals surface area contributed by atoms with Gasteiger partial charge in [0.2, 0.25) is 5.91 Å². The number of nitro benzene ring substituents is 1. The van der Waals surface area contributed by atoms with Crippen molar-refractivity contribution in [2.24, 2.45) is 5.73 Å². The fraction of sp³-hybridized carbons (Fsp3) is 0.118. The molecule has 0 heterocycles. The van der Waals surface area contributed by atoms with E-state index in [-0.39, 0.29) is 21.8 Å². The first kappa shape index (κ1) is 19.9. The van der Waals surface area contributed by atoms with E-state index in [0.29, 0.717) is 5.69 Å². The summed E-state index contributed by atoms with van der Waals surface area (Å²) in [7, 11) is 0. The van der Waals surface area contributed by atoms with Gasteiger partial charge in [0.05, 0.1) is 15.5 Å². The van der Waals surface area contributed by atoms with Crippen LogP contribution in [0.1, 0.15) is 27.6 Å². The summed E-state index contributed by atoms with van der Waals surface area (Å²) in [5, 5.41) is 13.3. The second kappa shape index (κ2) is 8.28. The van der Waals surface area contributed by atoms with Gasteiger partial charge in [0.15, 0.2) is 6.10 Å². The third kappa shape index (κ3) is 5.02. The van der Waals surface area contributed by atoms with Gasteiger partial charge in [-0.3, -0.25) is 19.7 Å². The van der Waals surface area contributed by atoms with Crippen LogP contribution in [0.3, 0.4) is 0 Å². The lowest BCUT2D eigenvalue weighted by Gasteiger charge is -2.14. The molecule has 0 aliphatic rings. The van der Waals surface area contributed by atoms with Crippen molar-refractivity contribution < 1.29 is 24.0 Å². The molecule has 0 aromatic heterocycles. The minimum Gasteiger partial charge on any atom is -0.449 e. The van der Waals surface area contributed by atoms with E-state index in [0.717, 1.165) is 12.1 Å². The minimum atomic E-state index is -1.20. The Morgan fingerprint density at radius 1 is 1.19 bits per heavy atom. The van der Waals surface area contributed by atoms with E-state index in [1.807, 2.05) is 0 Å². The van der Waals surface area contributed by atoms with Gasteiger partial charge in [-0.25, -0.2) is 4.79 Å². The largest absolute Gasteiger partial charge is 0.449 e. The van der Waals surface area contributed by atoms with E-state index in [9.17, 15) is 24.5 Å². The molecule has 140 valence electrons. The lowest BCUT2D eigenvalue weighted by atomic mass is 10.2. The Labute approximate surface area is 158 Å². The molecule has 2 aromatic rings. The van der Waals surface area contributed by atoms with Crippen molar-refractivity contribution in [1.29, 1.82) is 0 Å². The quantitative estimate of drug-likeness (QED) is 0.440. The molecular weight excluding hydrogens is 378 g/mol. The van der Waals surface area contributed by atoms with Gasteiger partial charge < -0.3 is 15.8 Å². The monoisotopic (exact) mass is 391 g/mol. The van der Waals surface area contributed by atoms with Gasteiger partial charge in [0, 0.05) is 23.4 Å². The van der Waals surface area contributed by atoms with Gasteiger partial charge in [-0.05, 0) is 37.3 Å². The number of amides is 2. The molecule has 0 bridgehead atoms. The molecule has 0 aliphatic carbocycles. The van der Waals surface area contributed by atoms with Crippen LogP contribution in [0.25, 0.3) is 0 Å². The standard InChI is InChI=1S/C17H14ClN3O6/c1-9(16(23)20-11-4-2-10(3-5-11)15(19)22)27-17(24)13-8-12(21(25)26)6-7-14(13)18/h2-9H,1H3,(H2,19,22)(H,20,23)/t9-/m0/s1. The number of hydrogen-bond acceptors (Lipinski definition) is 6. The van der Waals surface area contributed by atoms with E-state index in [1.54, 1.807) is 0 Å². The summed E-state index contributed by atoms with van der Waals surface area (Å²) in [5.74, 6) is -2.23. The highest BCUT2D eigenvalue weighted by Crippen LogP contribution is 2.23. The number of carbonyl (C=O) groups excluding carboxylic acids is 3. The average Bonchev–Trinajstić information content (AvgIpc) is 2.62. The maximum atomic E-state index is 12.2. The highest BCUT2D eigenvalue weighted by atomic mass is 35.5. The van der Waals surface area contributed by atoms with E-state index in [1.165, 1.54) is 37.3 Å². The minimum absolute atomic E-state index is 0.0414. The Bertz CT molecular complexity index is 913. The van der Waals surface area contributed by atoms with Crippen LogP contribution in [0.5, 0.6) is 0 Å².